The number of anilines is 1. The van der Waals surface area contributed by atoms with E-state index in [0.717, 1.165) is 6.42 Å². The van der Waals surface area contributed by atoms with Crippen molar-refractivity contribution in [2.24, 2.45) is 0 Å². The number of aromatic amines is 1. The topological polar surface area (TPSA) is 63.8 Å². The SMILES string of the molecule is CCCc1[nH]n(-c2cccc(F)c2)c(=O)c1N. The number of aromatic nitrogens is 2. The smallest absolute Gasteiger partial charge is 0.294 e. The number of nitrogens with zero attached hydrogens (tertiary/aromatic N) is 1. The van der Waals surface area contributed by atoms with Crippen molar-refractivity contribution in [2.45, 2.75) is 19.8 Å². The van der Waals surface area contributed by atoms with Crippen molar-refractivity contribution in [3.63, 3.8) is 0 Å². The normalized spacial score (nSPS) is 10.7. The van der Waals surface area contributed by atoms with E-state index in [1.807, 2.05) is 6.92 Å². The van der Waals surface area contributed by atoms with E-state index in [2.05, 4.69) is 5.10 Å². The van der Waals surface area contributed by atoms with E-state index < -0.39 is 0 Å². The molecule has 0 bridgehead atoms. The van der Waals surface area contributed by atoms with Crippen molar-refractivity contribution in [1.82, 2.24) is 9.78 Å². The van der Waals surface area contributed by atoms with Crippen molar-refractivity contribution in [3.8, 4) is 5.69 Å². The molecule has 0 saturated carbocycles. The van der Waals surface area contributed by atoms with Crippen LogP contribution in [0.1, 0.15) is 19.0 Å². The van der Waals surface area contributed by atoms with Crippen molar-refractivity contribution in [2.75, 3.05) is 5.73 Å². The van der Waals surface area contributed by atoms with E-state index in [4.69, 9.17) is 5.73 Å². The lowest BCUT2D eigenvalue weighted by Crippen LogP contribution is -2.16. The number of hydrogen-bond acceptors (Lipinski definition) is 2. The van der Waals surface area contributed by atoms with E-state index in [1.54, 1.807) is 12.1 Å². The maximum Gasteiger partial charge on any atom is 0.294 e. The van der Waals surface area contributed by atoms with Gasteiger partial charge in [-0.3, -0.25) is 9.89 Å². The number of halogens is 1. The average Bonchev–Trinajstić information content (AvgIpc) is 2.58. The quantitative estimate of drug-likeness (QED) is 0.852. The van der Waals surface area contributed by atoms with E-state index in [9.17, 15) is 9.18 Å². The molecule has 1 aromatic carbocycles. The van der Waals surface area contributed by atoms with Gasteiger partial charge in [0.05, 0.1) is 11.4 Å². The standard InChI is InChI=1S/C12H14FN3O/c1-2-4-10-11(14)12(17)16(15-10)9-6-3-5-8(13)7-9/h3,5-7,15H,2,4,14H2,1H3. The monoisotopic (exact) mass is 235 g/mol. The second kappa shape index (κ2) is 4.45. The van der Waals surface area contributed by atoms with Crippen LogP contribution in [-0.4, -0.2) is 9.78 Å². The Balaban J connectivity index is 2.53. The molecule has 5 heteroatoms. The summed E-state index contributed by atoms with van der Waals surface area (Å²) < 4.78 is 14.3. The molecule has 0 aliphatic carbocycles. The third kappa shape index (κ3) is 2.08. The Bertz CT molecular complexity index is 586. The molecule has 2 rings (SSSR count). The van der Waals surface area contributed by atoms with Gasteiger partial charge in [0.1, 0.15) is 11.5 Å². The van der Waals surface area contributed by atoms with Crippen molar-refractivity contribution in [1.29, 1.82) is 0 Å². The summed E-state index contributed by atoms with van der Waals surface area (Å²) in [5.41, 5.74) is 6.72. The molecule has 0 spiro atoms. The average molecular weight is 235 g/mol. The summed E-state index contributed by atoms with van der Waals surface area (Å²) in [6, 6.07) is 5.81. The Kier molecular flexibility index (Phi) is 2.99. The molecular formula is C12H14FN3O. The van der Waals surface area contributed by atoms with Crippen LogP contribution < -0.4 is 11.3 Å². The van der Waals surface area contributed by atoms with Crippen LogP contribution in [0.15, 0.2) is 29.1 Å². The molecule has 0 aliphatic heterocycles. The Labute approximate surface area is 97.9 Å². The third-order valence-electron chi connectivity index (χ3n) is 2.57. The maximum atomic E-state index is 13.1. The van der Waals surface area contributed by atoms with Crippen LogP contribution in [0.2, 0.25) is 0 Å². The predicted octanol–water partition coefficient (Wildman–Crippen LogP) is 1.84. The minimum Gasteiger partial charge on any atom is -0.393 e. The van der Waals surface area contributed by atoms with Gasteiger partial charge in [0.2, 0.25) is 0 Å². The summed E-state index contributed by atoms with van der Waals surface area (Å²) >= 11 is 0. The van der Waals surface area contributed by atoms with Crippen LogP contribution in [0.4, 0.5) is 10.1 Å². The number of hydrogen-bond donors (Lipinski definition) is 2. The predicted molar refractivity (Wildman–Crippen MR) is 64.8 cm³/mol. The van der Waals surface area contributed by atoms with E-state index in [-0.39, 0.29) is 17.1 Å². The number of rotatable bonds is 3. The van der Waals surface area contributed by atoms with Gasteiger partial charge in [-0.25, -0.2) is 9.07 Å². The molecule has 2 aromatic rings. The first-order valence-corrected chi connectivity index (χ1v) is 5.48. The van der Waals surface area contributed by atoms with E-state index in [1.165, 1.54) is 16.8 Å². The molecule has 4 nitrogen and oxygen atoms in total. The summed E-state index contributed by atoms with van der Waals surface area (Å²) in [7, 11) is 0. The minimum atomic E-state index is -0.389. The summed E-state index contributed by atoms with van der Waals surface area (Å²) in [4.78, 5) is 11.9. The van der Waals surface area contributed by atoms with Gasteiger partial charge in [0.25, 0.3) is 5.56 Å². The zero-order valence-corrected chi connectivity index (χ0v) is 9.53. The highest BCUT2D eigenvalue weighted by molar-refractivity contribution is 5.44. The number of nitrogen functional groups attached to an aromatic ring is 1. The second-order valence-electron chi connectivity index (χ2n) is 3.87. The summed E-state index contributed by atoms with van der Waals surface area (Å²) in [6.07, 6.45) is 1.58. The first kappa shape index (κ1) is 11.4. The van der Waals surface area contributed by atoms with Gasteiger partial charge in [0.15, 0.2) is 0 Å². The molecule has 0 amide bonds. The van der Waals surface area contributed by atoms with Gasteiger partial charge in [-0.1, -0.05) is 19.4 Å². The highest BCUT2D eigenvalue weighted by Crippen LogP contribution is 2.11. The van der Waals surface area contributed by atoms with Crippen LogP contribution >= 0.6 is 0 Å². The molecule has 1 aromatic heterocycles. The summed E-state index contributed by atoms with van der Waals surface area (Å²) in [6.45, 7) is 2.00. The fourth-order valence-corrected chi connectivity index (χ4v) is 1.73. The first-order chi connectivity index (χ1) is 8.13. The molecular weight excluding hydrogens is 221 g/mol. The lowest BCUT2D eigenvalue weighted by atomic mass is 10.2. The highest BCUT2D eigenvalue weighted by Gasteiger charge is 2.11. The lowest BCUT2D eigenvalue weighted by Gasteiger charge is -2.01. The number of nitrogens with one attached hydrogen (secondary N) is 1. The van der Waals surface area contributed by atoms with Gasteiger partial charge >= 0.3 is 0 Å². The number of nitrogens with two attached hydrogens (primary N) is 1. The van der Waals surface area contributed by atoms with Gasteiger partial charge < -0.3 is 5.73 Å². The lowest BCUT2D eigenvalue weighted by molar-refractivity contribution is 0.624. The highest BCUT2D eigenvalue weighted by atomic mass is 19.1. The van der Waals surface area contributed by atoms with Gasteiger partial charge in [-0.05, 0) is 24.6 Å². The van der Waals surface area contributed by atoms with Gasteiger partial charge in [-0.15, -0.1) is 0 Å². The third-order valence-corrected chi connectivity index (χ3v) is 2.57. The van der Waals surface area contributed by atoms with Crippen molar-refractivity contribution in [3.05, 3.63) is 46.1 Å². The summed E-state index contributed by atoms with van der Waals surface area (Å²) in [5, 5.41) is 2.91. The minimum absolute atomic E-state index is 0.205. The zero-order chi connectivity index (χ0) is 12.4. The molecule has 0 atom stereocenters. The Hall–Kier alpha value is -2.04. The first-order valence-electron chi connectivity index (χ1n) is 5.48. The Morgan fingerprint density at radius 1 is 1.47 bits per heavy atom. The van der Waals surface area contributed by atoms with Crippen molar-refractivity contribution < 1.29 is 4.39 Å². The largest absolute Gasteiger partial charge is 0.393 e. The van der Waals surface area contributed by atoms with Gasteiger partial charge in [-0.2, -0.15) is 0 Å². The molecule has 17 heavy (non-hydrogen) atoms. The fraction of sp³-hybridized carbons (Fsp3) is 0.250. The molecule has 0 aliphatic rings. The zero-order valence-electron chi connectivity index (χ0n) is 9.53. The molecule has 0 unspecified atom stereocenters. The van der Waals surface area contributed by atoms with Crippen LogP contribution in [0.25, 0.3) is 5.69 Å². The Morgan fingerprint density at radius 2 is 2.24 bits per heavy atom. The molecule has 0 saturated heterocycles. The van der Waals surface area contributed by atoms with Crippen LogP contribution in [0.5, 0.6) is 0 Å². The number of aryl methyl sites for hydroxylation is 1. The van der Waals surface area contributed by atoms with Crippen LogP contribution in [0, 0.1) is 5.82 Å². The van der Waals surface area contributed by atoms with E-state index >= 15 is 0 Å². The molecule has 0 fully saturated rings. The molecule has 0 radical (unpaired) electrons. The number of benzene rings is 1. The van der Waals surface area contributed by atoms with E-state index in [0.29, 0.717) is 17.8 Å². The number of H-pyrrole nitrogens is 1. The van der Waals surface area contributed by atoms with Gasteiger partial charge in [0, 0.05) is 0 Å². The Morgan fingerprint density at radius 3 is 2.88 bits per heavy atom. The fourth-order valence-electron chi connectivity index (χ4n) is 1.73. The maximum absolute atomic E-state index is 13.1. The van der Waals surface area contributed by atoms with Crippen LogP contribution in [0.3, 0.4) is 0 Å². The van der Waals surface area contributed by atoms with Crippen molar-refractivity contribution >= 4 is 5.69 Å². The molecule has 3 N–H and O–H groups in total. The summed E-state index contributed by atoms with van der Waals surface area (Å²) in [5.74, 6) is -0.389. The second-order valence-corrected chi connectivity index (χ2v) is 3.87. The van der Waals surface area contributed by atoms with Crippen LogP contribution in [-0.2, 0) is 6.42 Å². The molecule has 90 valence electrons. The molecule has 1 heterocycles.